The van der Waals surface area contributed by atoms with Gasteiger partial charge in [-0.3, -0.25) is 9.36 Å². The van der Waals surface area contributed by atoms with Gasteiger partial charge in [0.15, 0.2) is 11.5 Å². The van der Waals surface area contributed by atoms with Crippen molar-refractivity contribution in [1.82, 2.24) is 30.2 Å². The van der Waals surface area contributed by atoms with Gasteiger partial charge in [0.25, 0.3) is 5.91 Å². The number of amides is 2. The number of carbonyl (C=O) groups is 3. The first-order valence-corrected chi connectivity index (χ1v) is 15.2. The molecule has 0 bridgehead atoms. The first-order chi connectivity index (χ1) is 22.3. The molecule has 0 aliphatic rings. The SMILES string of the molecule is CCCCNc1nc(N)c2[nH]c(=O)n(Cc3ccc(C(=O)N[C@@H](CCCCNC(=O)OCc4ccccc4)C(=O)OC)cc3)c2n1. The summed E-state index contributed by atoms with van der Waals surface area (Å²) in [6.07, 6.45) is 2.85. The molecule has 6 N–H and O–H groups in total. The van der Waals surface area contributed by atoms with Crippen molar-refractivity contribution in [1.29, 1.82) is 0 Å². The maximum Gasteiger partial charge on any atom is 0.407 e. The number of nitrogens with two attached hydrogens (primary N) is 1. The molecule has 2 heterocycles. The molecule has 2 aromatic heterocycles. The molecule has 244 valence electrons. The van der Waals surface area contributed by atoms with Crippen LogP contribution in [-0.2, 0) is 27.4 Å². The van der Waals surface area contributed by atoms with E-state index in [9.17, 15) is 19.2 Å². The highest BCUT2D eigenvalue weighted by Gasteiger charge is 2.22. The molecule has 2 amide bonds. The molecular formula is C32H40N8O6. The number of ether oxygens (including phenoxy) is 2. The number of methoxy groups -OCH3 is 1. The molecule has 1 atom stereocenters. The van der Waals surface area contributed by atoms with E-state index in [-0.39, 0.29) is 24.7 Å². The molecule has 2 aromatic carbocycles. The zero-order chi connectivity index (χ0) is 32.9. The second kappa shape index (κ2) is 16.6. The molecule has 4 aromatic rings. The summed E-state index contributed by atoms with van der Waals surface area (Å²) in [6.45, 7) is 3.47. The molecule has 14 nitrogen and oxygen atoms in total. The van der Waals surface area contributed by atoms with Crippen molar-refractivity contribution in [3.63, 3.8) is 0 Å². The number of nitrogens with zero attached hydrogens (tertiary/aromatic N) is 3. The van der Waals surface area contributed by atoms with Crippen molar-refractivity contribution in [2.24, 2.45) is 0 Å². The number of nitrogen functional groups attached to an aromatic ring is 1. The zero-order valence-electron chi connectivity index (χ0n) is 26.0. The highest BCUT2D eigenvalue weighted by molar-refractivity contribution is 5.96. The average Bonchev–Trinajstić information content (AvgIpc) is 3.38. The third kappa shape index (κ3) is 9.30. The van der Waals surface area contributed by atoms with Crippen LogP contribution in [0.1, 0.15) is 60.5 Å². The Morgan fingerprint density at radius 2 is 1.74 bits per heavy atom. The highest BCUT2D eigenvalue weighted by atomic mass is 16.5. The van der Waals surface area contributed by atoms with Crippen molar-refractivity contribution in [3.05, 3.63) is 81.8 Å². The first-order valence-electron chi connectivity index (χ1n) is 15.2. The third-order valence-corrected chi connectivity index (χ3v) is 7.21. The number of hydrogen-bond donors (Lipinski definition) is 5. The highest BCUT2D eigenvalue weighted by Crippen LogP contribution is 2.18. The smallest absolute Gasteiger partial charge is 0.407 e. The minimum absolute atomic E-state index is 0.171. The summed E-state index contributed by atoms with van der Waals surface area (Å²) >= 11 is 0. The standard InChI is InChI=1S/C32H40N8O6/c1-3-4-17-34-30-38-26(33)25-27(39-30)40(31(43)37-25)19-21-13-15-23(16-14-21)28(41)36-24(29(42)45-2)12-8-9-18-35-32(44)46-20-22-10-6-5-7-11-22/h5-7,10-11,13-16,24H,3-4,8-9,12,17-20H2,1-2H3,(H,35,44)(H,36,41)(H,37,43)(H3,33,34,38,39)/t24-/m0/s1. The molecule has 0 radical (unpaired) electrons. The predicted molar refractivity (Wildman–Crippen MR) is 173 cm³/mol. The van der Waals surface area contributed by atoms with Crippen LogP contribution in [0.25, 0.3) is 11.2 Å². The summed E-state index contributed by atoms with van der Waals surface area (Å²) in [5.74, 6) is -0.499. The number of unbranched alkanes of at least 4 members (excludes halogenated alkanes) is 2. The fourth-order valence-corrected chi connectivity index (χ4v) is 4.67. The van der Waals surface area contributed by atoms with Crippen molar-refractivity contribution in [2.45, 2.75) is 58.2 Å². The van der Waals surface area contributed by atoms with E-state index < -0.39 is 24.0 Å². The Morgan fingerprint density at radius 1 is 0.978 bits per heavy atom. The van der Waals surface area contributed by atoms with Gasteiger partial charge in [-0.25, -0.2) is 14.4 Å². The molecule has 4 rings (SSSR count). The Labute approximate surface area is 266 Å². The molecular weight excluding hydrogens is 592 g/mol. The number of anilines is 2. The third-order valence-electron chi connectivity index (χ3n) is 7.21. The van der Waals surface area contributed by atoms with E-state index in [1.165, 1.54) is 11.7 Å². The van der Waals surface area contributed by atoms with Gasteiger partial charge >= 0.3 is 17.8 Å². The largest absolute Gasteiger partial charge is 0.467 e. The summed E-state index contributed by atoms with van der Waals surface area (Å²) in [5, 5.41) is 8.54. The molecule has 0 saturated heterocycles. The van der Waals surface area contributed by atoms with E-state index in [1.807, 2.05) is 30.3 Å². The summed E-state index contributed by atoms with van der Waals surface area (Å²) in [6, 6.07) is 15.2. The lowest BCUT2D eigenvalue weighted by Gasteiger charge is -2.17. The van der Waals surface area contributed by atoms with Gasteiger partial charge in [0.05, 0.1) is 13.7 Å². The fourth-order valence-electron chi connectivity index (χ4n) is 4.67. The van der Waals surface area contributed by atoms with E-state index in [0.717, 1.165) is 24.0 Å². The van der Waals surface area contributed by atoms with E-state index in [0.29, 0.717) is 55.0 Å². The number of carbonyl (C=O) groups excluding carboxylic acids is 3. The van der Waals surface area contributed by atoms with Crippen LogP contribution in [0, 0.1) is 0 Å². The average molecular weight is 633 g/mol. The Bertz CT molecular complexity index is 1670. The van der Waals surface area contributed by atoms with Crippen molar-refractivity contribution < 1.29 is 23.9 Å². The number of aromatic nitrogens is 4. The van der Waals surface area contributed by atoms with Gasteiger partial charge in [0.1, 0.15) is 18.2 Å². The molecule has 0 unspecified atom stereocenters. The molecule has 14 heteroatoms. The molecule has 0 fully saturated rings. The quantitative estimate of drug-likeness (QED) is 0.0903. The fraction of sp³-hybridized carbons (Fsp3) is 0.375. The summed E-state index contributed by atoms with van der Waals surface area (Å²) in [4.78, 5) is 61.5. The number of H-pyrrole nitrogens is 1. The maximum atomic E-state index is 13.0. The number of benzene rings is 2. The van der Waals surface area contributed by atoms with Crippen molar-refractivity contribution in [3.8, 4) is 0 Å². The lowest BCUT2D eigenvalue weighted by molar-refractivity contribution is -0.143. The van der Waals surface area contributed by atoms with Gasteiger partial charge < -0.3 is 36.1 Å². The zero-order valence-corrected chi connectivity index (χ0v) is 26.0. The second-order valence-corrected chi connectivity index (χ2v) is 10.7. The maximum absolute atomic E-state index is 13.0. The Kier molecular flexibility index (Phi) is 12.1. The van der Waals surface area contributed by atoms with Gasteiger partial charge in [-0.2, -0.15) is 9.97 Å². The summed E-state index contributed by atoms with van der Waals surface area (Å²) in [5.41, 5.74) is 8.39. The monoisotopic (exact) mass is 632 g/mol. The molecule has 0 saturated carbocycles. The van der Waals surface area contributed by atoms with Crippen LogP contribution in [0.15, 0.2) is 59.4 Å². The van der Waals surface area contributed by atoms with Crippen molar-refractivity contribution in [2.75, 3.05) is 31.2 Å². The number of alkyl carbamates (subject to hydrolysis) is 1. The van der Waals surface area contributed by atoms with Gasteiger partial charge in [0.2, 0.25) is 5.95 Å². The van der Waals surface area contributed by atoms with Crippen LogP contribution in [0.3, 0.4) is 0 Å². The number of fused-ring (bicyclic) bond motifs is 1. The van der Waals surface area contributed by atoms with Crippen LogP contribution >= 0.6 is 0 Å². The number of aromatic amines is 1. The van der Waals surface area contributed by atoms with E-state index in [4.69, 9.17) is 15.2 Å². The van der Waals surface area contributed by atoms with E-state index in [1.54, 1.807) is 24.3 Å². The van der Waals surface area contributed by atoms with Crippen molar-refractivity contribution >= 4 is 40.9 Å². The van der Waals surface area contributed by atoms with Gasteiger partial charge in [0, 0.05) is 18.7 Å². The van der Waals surface area contributed by atoms with Crippen LogP contribution in [-0.4, -0.2) is 63.7 Å². The normalized spacial score (nSPS) is 11.5. The van der Waals surface area contributed by atoms with Crippen LogP contribution < -0.4 is 27.4 Å². The Hall–Kier alpha value is -5.40. The Balaban J connectivity index is 1.29. The molecule has 0 spiro atoms. The number of hydrogen-bond acceptors (Lipinski definition) is 10. The van der Waals surface area contributed by atoms with Crippen LogP contribution in [0.5, 0.6) is 0 Å². The summed E-state index contributed by atoms with van der Waals surface area (Å²) < 4.78 is 11.5. The van der Waals surface area contributed by atoms with E-state index >= 15 is 0 Å². The number of rotatable bonds is 16. The minimum atomic E-state index is -0.864. The predicted octanol–water partition coefficient (Wildman–Crippen LogP) is 3.33. The summed E-state index contributed by atoms with van der Waals surface area (Å²) in [7, 11) is 1.26. The van der Waals surface area contributed by atoms with Gasteiger partial charge in [-0.05, 0) is 48.9 Å². The van der Waals surface area contributed by atoms with E-state index in [2.05, 4.69) is 37.8 Å². The number of nitrogens with one attached hydrogen (secondary N) is 4. The molecule has 0 aliphatic heterocycles. The van der Waals surface area contributed by atoms with Crippen LogP contribution in [0.2, 0.25) is 0 Å². The van der Waals surface area contributed by atoms with Crippen LogP contribution in [0.4, 0.5) is 16.6 Å². The lowest BCUT2D eigenvalue weighted by Crippen LogP contribution is -2.41. The van der Waals surface area contributed by atoms with Gasteiger partial charge in [-0.1, -0.05) is 55.8 Å². The molecule has 0 aliphatic carbocycles. The van der Waals surface area contributed by atoms with Gasteiger partial charge in [-0.15, -0.1) is 0 Å². The first kappa shape index (κ1) is 33.5. The second-order valence-electron chi connectivity index (χ2n) is 10.7. The Morgan fingerprint density at radius 3 is 2.46 bits per heavy atom. The topological polar surface area (TPSA) is 195 Å². The lowest BCUT2D eigenvalue weighted by atomic mass is 10.1. The minimum Gasteiger partial charge on any atom is -0.467 e. The number of esters is 1. The molecule has 46 heavy (non-hydrogen) atoms. The number of imidazole rings is 1.